The normalized spacial score (nSPS) is 15.5. The molecule has 0 radical (unpaired) electrons. The molecule has 1 atom stereocenters. The topological polar surface area (TPSA) is 76.6 Å². The van der Waals surface area contributed by atoms with Crippen molar-refractivity contribution in [1.82, 2.24) is 19.6 Å². The molecule has 0 fully saturated rings. The molecule has 8 nitrogen and oxygen atoms in total. The van der Waals surface area contributed by atoms with Crippen LogP contribution >= 0.6 is 11.6 Å². The first-order chi connectivity index (χ1) is 16.7. The van der Waals surface area contributed by atoms with Crippen LogP contribution in [-0.2, 0) is 16.1 Å². The summed E-state index contributed by atoms with van der Waals surface area (Å²) < 4.78 is 34.3. The van der Waals surface area contributed by atoms with Gasteiger partial charge in [-0.1, -0.05) is 29.8 Å². The summed E-state index contributed by atoms with van der Waals surface area (Å²) in [6.45, 7) is 0.296. The van der Waals surface area contributed by atoms with Crippen molar-refractivity contribution in [3.63, 3.8) is 0 Å². The van der Waals surface area contributed by atoms with E-state index in [4.69, 9.17) is 16.3 Å². The Morgan fingerprint density at radius 2 is 1.89 bits per heavy atom. The molecular formula is C24H27ClF2N4O4. The molecule has 1 unspecified atom stereocenters. The number of ether oxygens (including phenoxy) is 1. The lowest BCUT2D eigenvalue weighted by atomic mass is 10.2. The second-order valence-electron chi connectivity index (χ2n) is 8.05. The molecule has 0 aromatic heterocycles. The molecule has 0 aliphatic carbocycles. The molecule has 188 valence electrons. The fourth-order valence-electron chi connectivity index (χ4n) is 3.77. The van der Waals surface area contributed by atoms with Gasteiger partial charge in [-0.05, 0) is 36.2 Å². The Morgan fingerprint density at radius 1 is 1.20 bits per heavy atom. The van der Waals surface area contributed by atoms with Crippen LogP contribution < -0.4 is 4.74 Å². The van der Waals surface area contributed by atoms with Crippen LogP contribution in [0.2, 0.25) is 5.02 Å². The number of hydrogen-bond acceptors (Lipinski definition) is 6. The number of nitrogens with zero attached hydrogens (tertiary/aromatic N) is 4. The maximum atomic E-state index is 14.5. The Hall–Kier alpha value is -3.37. The van der Waals surface area contributed by atoms with Crippen LogP contribution in [0.4, 0.5) is 8.78 Å². The van der Waals surface area contributed by atoms with E-state index in [9.17, 15) is 23.5 Å². The Labute approximate surface area is 207 Å². The van der Waals surface area contributed by atoms with Gasteiger partial charge in [-0.3, -0.25) is 9.59 Å². The molecule has 1 aliphatic rings. The van der Waals surface area contributed by atoms with Crippen LogP contribution in [0.3, 0.4) is 0 Å². The zero-order valence-electron chi connectivity index (χ0n) is 19.6. The van der Waals surface area contributed by atoms with Crippen molar-refractivity contribution in [2.45, 2.75) is 19.3 Å². The molecule has 11 heteroatoms. The van der Waals surface area contributed by atoms with E-state index < -0.39 is 23.9 Å². The fourth-order valence-corrected chi connectivity index (χ4v) is 3.90. The van der Waals surface area contributed by atoms with Gasteiger partial charge in [0.2, 0.25) is 12.2 Å². The van der Waals surface area contributed by atoms with E-state index in [-0.39, 0.29) is 37.0 Å². The lowest BCUT2D eigenvalue weighted by Crippen LogP contribution is -2.45. The third kappa shape index (κ3) is 5.66. The summed E-state index contributed by atoms with van der Waals surface area (Å²) in [4.78, 5) is 31.0. The van der Waals surface area contributed by atoms with E-state index in [1.807, 2.05) is 0 Å². The van der Waals surface area contributed by atoms with Gasteiger partial charge in [0, 0.05) is 45.9 Å². The molecule has 1 N–H and O–H groups in total. The van der Waals surface area contributed by atoms with Crippen molar-refractivity contribution >= 4 is 23.9 Å². The summed E-state index contributed by atoms with van der Waals surface area (Å²) >= 11 is 6.01. The van der Waals surface area contributed by atoms with Crippen molar-refractivity contribution in [3.05, 3.63) is 76.2 Å². The first-order valence-electron chi connectivity index (χ1n) is 10.8. The predicted octanol–water partition coefficient (Wildman–Crippen LogP) is 2.83. The Bertz CT molecular complexity index is 1100. The molecule has 0 saturated carbocycles. The first-order valence-corrected chi connectivity index (χ1v) is 11.2. The minimum absolute atomic E-state index is 0.100. The molecule has 1 aliphatic heterocycles. The molecule has 2 amide bonds. The number of benzene rings is 2. The number of aliphatic hydroxyl groups excluding tert-OH is 1. The van der Waals surface area contributed by atoms with Crippen LogP contribution in [0, 0.1) is 11.6 Å². The highest BCUT2D eigenvalue weighted by Gasteiger charge is 2.44. The number of rotatable bonds is 10. The molecule has 0 bridgehead atoms. The summed E-state index contributed by atoms with van der Waals surface area (Å²) in [6.07, 6.45) is -0.196. The molecule has 35 heavy (non-hydrogen) atoms. The van der Waals surface area contributed by atoms with Crippen LogP contribution in [0.15, 0.2) is 54.0 Å². The van der Waals surface area contributed by atoms with Gasteiger partial charge < -0.3 is 29.4 Å². The Kier molecular flexibility index (Phi) is 8.52. The first kappa shape index (κ1) is 26.2. The van der Waals surface area contributed by atoms with Crippen molar-refractivity contribution in [3.8, 4) is 5.75 Å². The van der Waals surface area contributed by atoms with Crippen molar-refractivity contribution in [2.75, 3.05) is 34.3 Å². The second kappa shape index (κ2) is 11.4. The molecular weight excluding hydrogens is 482 g/mol. The smallest absolute Gasteiger partial charge is 0.273 e. The van der Waals surface area contributed by atoms with E-state index >= 15 is 0 Å². The lowest BCUT2D eigenvalue weighted by Gasteiger charge is -2.33. The van der Waals surface area contributed by atoms with Crippen LogP contribution in [0.1, 0.15) is 12.0 Å². The van der Waals surface area contributed by atoms with Gasteiger partial charge in [0.25, 0.3) is 12.3 Å². The van der Waals surface area contributed by atoms with E-state index in [1.165, 1.54) is 33.9 Å². The van der Waals surface area contributed by atoms with Crippen molar-refractivity contribution < 1.29 is 28.2 Å². The maximum absolute atomic E-state index is 14.5. The number of amides is 2. The minimum atomic E-state index is -1.17. The van der Waals surface area contributed by atoms with Crippen molar-refractivity contribution in [1.29, 1.82) is 0 Å². The van der Waals surface area contributed by atoms with Gasteiger partial charge in [0.1, 0.15) is 11.5 Å². The van der Waals surface area contributed by atoms with E-state index in [2.05, 4.69) is 0 Å². The number of likely N-dealkylation sites (N-methyl/N-ethyl adjacent to an activating group) is 1. The summed E-state index contributed by atoms with van der Waals surface area (Å²) in [6, 6.07) is 10.5. The largest absolute Gasteiger partial charge is 0.449 e. The van der Waals surface area contributed by atoms with E-state index in [0.717, 1.165) is 11.6 Å². The average molecular weight is 509 g/mol. The van der Waals surface area contributed by atoms with Crippen LogP contribution in [0.5, 0.6) is 5.75 Å². The predicted molar refractivity (Wildman–Crippen MR) is 126 cm³/mol. The maximum Gasteiger partial charge on any atom is 0.273 e. The van der Waals surface area contributed by atoms with Crippen LogP contribution in [-0.4, -0.2) is 77.7 Å². The average Bonchev–Trinajstić information content (AvgIpc) is 3.11. The highest BCUT2D eigenvalue weighted by molar-refractivity contribution is 6.30. The number of carbonyl (C=O) groups excluding carboxylic acids is 2. The molecule has 3 rings (SSSR count). The van der Waals surface area contributed by atoms with Gasteiger partial charge in [0.05, 0.1) is 0 Å². The zero-order valence-corrected chi connectivity index (χ0v) is 20.4. The lowest BCUT2D eigenvalue weighted by molar-refractivity contribution is -0.129. The minimum Gasteiger partial charge on any atom is -0.449 e. The zero-order chi connectivity index (χ0) is 25.7. The molecule has 2 aromatic carbocycles. The monoisotopic (exact) mass is 508 g/mol. The second-order valence-corrected chi connectivity index (χ2v) is 8.49. The highest BCUT2D eigenvalue weighted by Crippen LogP contribution is 2.34. The van der Waals surface area contributed by atoms with E-state index in [0.29, 0.717) is 17.9 Å². The summed E-state index contributed by atoms with van der Waals surface area (Å²) in [5, 5.41) is 9.71. The third-order valence-corrected chi connectivity index (χ3v) is 5.79. The van der Waals surface area contributed by atoms with Gasteiger partial charge in [-0.15, -0.1) is 0 Å². The summed E-state index contributed by atoms with van der Waals surface area (Å²) in [5.41, 5.74) is 0.883. The van der Waals surface area contributed by atoms with Gasteiger partial charge in [-0.25, -0.2) is 4.39 Å². The van der Waals surface area contributed by atoms with Gasteiger partial charge in [-0.2, -0.15) is 4.39 Å². The summed E-state index contributed by atoms with van der Waals surface area (Å²) in [7, 11) is 4.63. The summed E-state index contributed by atoms with van der Waals surface area (Å²) in [5.74, 6) is -2.81. The SMILES string of the molecule is CN(C=O)C1=C(C(=O)N(C)CCCO)N(Cc2ccc(Cl)cc2)C(Oc2cccc(F)c2F)N1C. The molecule has 1 heterocycles. The number of halogens is 3. The standard InChI is InChI=1S/C24H27ClF2N4O4/c1-28(12-5-13-32)23(34)21-22(29(2)15-33)30(3)24(35-19-7-4-6-18(26)20(19)27)31(21)14-16-8-10-17(25)11-9-16/h4,6-11,15,24,32H,5,12-14H2,1-3H3. The van der Waals surface area contributed by atoms with Gasteiger partial charge in [0.15, 0.2) is 11.6 Å². The van der Waals surface area contributed by atoms with Crippen LogP contribution in [0.25, 0.3) is 0 Å². The number of hydrogen-bond donors (Lipinski definition) is 1. The Balaban J connectivity index is 2.10. The highest BCUT2D eigenvalue weighted by atomic mass is 35.5. The molecule has 0 saturated heterocycles. The Morgan fingerprint density at radius 3 is 2.51 bits per heavy atom. The van der Waals surface area contributed by atoms with Gasteiger partial charge >= 0.3 is 0 Å². The quantitative estimate of drug-likeness (QED) is 0.497. The fraction of sp³-hybridized carbons (Fsp3) is 0.333. The number of carbonyl (C=O) groups is 2. The van der Waals surface area contributed by atoms with Crippen molar-refractivity contribution in [2.24, 2.45) is 0 Å². The third-order valence-electron chi connectivity index (χ3n) is 5.54. The number of aliphatic hydroxyl groups is 1. The van der Waals surface area contributed by atoms with E-state index in [1.54, 1.807) is 43.3 Å². The molecule has 2 aromatic rings. The molecule has 0 spiro atoms.